The molecule has 6 nitrogen and oxygen atoms in total. The van der Waals surface area contributed by atoms with Crippen LogP contribution in [0.4, 0.5) is 11.4 Å². The molecule has 0 saturated carbocycles. The lowest BCUT2D eigenvalue weighted by atomic mass is 10.2. The Balaban J connectivity index is 2.06. The van der Waals surface area contributed by atoms with Crippen molar-refractivity contribution in [3.8, 4) is 5.75 Å². The van der Waals surface area contributed by atoms with Crippen molar-refractivity contribution in [3.63, 3.8) is 0 Å². The molecule has 2 rings (SSSR count). The molecule has 6 heteroatoms. The van der Waals surface area contributed by atoms with Crippen LogP contribution in [-0.4, -0.2) is 17.7 Å². The van der Waals surface area contributed by atoms with E-state index in [1.54, 1.807) is 18.3 Å². The van der Waals surface area contributed by atoms with E-state index < -0.39 is 4.92 Å². The van der Waals surface area contributed by atoms with Crippen LogP contribution >= 0.6 is 0 Å². The van der Waals surface area contributed by atoms with Crippen LogP contribution in [0, 0.1) is 16.0 Å². The number of anilines is 1. The van der Waals surface area contributed by atoms with E-state index in [0.717, 1.165) is 11.3 Å². The summed E-state index contributed by atoms with van der Waals surface area (Å²) in [5.41, 5.74) is 4.20. The molecule has 120 valence electrons. The van der Waals surface area contributed by atoms with Gasteiger partial charge in [-0.05, 0) is 24.1 Å². The fourth-order valence-electron chi connectivity index (χ4n) is 1.84. The molecule has 0 aliphatic rings. The first-order valence-corrected chi connectivity index (χ1v) is 7.31. The van der Waals surface area contributed by atoms with Gasteiger partial charge in [0.1, 0.15) is 5.75 Å². The summed E-state index contributed by atoms with van der Waals surface area (Å²) in [6, 6.07) is 13.8. The fraction of sp³-hybridized carbons (Fsp3) is 0.235. The first-order valence-electron chi connectivity index (χ1n) is 7.31. The molecule has 1 N–H and O–H groups in total. The third-order valence-electron chi connectivity index (χ3n) is 2.95. The van der Waals surface area contributed by atoms with Gasteiger partial charge >= 0.3 is 0 Å². The van der Waals surface area contributed by atoms with E-state index in [4.69, 9.17) is 4.74 Å². The van der Waals surface area contributed by atoms with Crippen molar-refractivity contribution in [1.82, 2.24) is 0 Å². The van der Waals surface area contributed by atoms with Crippen LogP contribution in [0.3, 0.4) is 0 Å². The first-order chi connectivity index (χ1) is 11.1. The van der Waals surface area contributed by atoms with Crippen LogP contribution in [0.15, 0.2) is 53.6 Å². The van der Waals surface area contributed by atoms with Gasteiger partial charge < -0.3 is 4.74 Å². The number of nitro benzene ring substituents is 1. The Morgan fingerprint density at radius 3 is 2.78 bits per heavy atom. The Morgan fingerprint density at radius 2 is 2.04 bits per heavy atom. The molecule has 0 atom stereocenters. The SMILES string of the molecule is CC(C)COc1ccccc1C=NNc1cccc([N+](=O)[O-])c1. The van der Waals surface area contributed by atoms with Crippen molar-refractivity contribution in [2.24, 2.45) is 11.0 Å². The summed E-state index contributed by atoms with van der Waals surface area (Å²) in [4.78, 5) is 10.3. The highest BCUT2D eigenvalue weighted by atomic mass is 16.6. The topological polar surface area (TPSA) is 76.8 Å². The number of hydrogen-bond acceptors (Lipinski definition) is 5. The number of nitrogens with one attached hydrogen (secondary N) is 1. The lowest BCUT2D eigenvalue weighted by Gasteiger charge is -2.10. The third-order valence-corrected chi connectivity index (χ3v) is 2.95. The van der Waals surface area contributed by atoms with E-state index in [-0.39, 0.29) is 5.69 Å². The summed E-state index contributed by atoms with van der Waals surface area (Å²) in [7, 11) is 0. The monoisotopic (exact) mass is 313 g/mol. The van der Waals surface area contributed by atoms with E-state index in [1.165, 1.54) is 12.1 Å². The van der Waals surface area contributed by atoms with Gasteiger partial charge in [0, 0.05) is 17.7 Å². The second-order valence-electron chi connectivity index (χ2n) is 5.42. The Morgan fingerprint density at radius 1 is 1.26 bits per heavy atom. The van der Waals surface area contributed by atoms with Gasteiger partial charge in [-0.1, -0.05) is 32.0 Å². The first kappa shape index (κ1) is 16.5. The molecule has 0 aromatic heterocycles. The van der Waals surface area contributed by atoms with Gasteiger partial charge in [-0.25, -0.2) is 0 Å². The Hall–Kier alpha value is -2.89. The minimum Gasteiger partial charge on any atom is -0.493 e. The number of rotatable bonds is 7. The number of nitro groups is 1. The Bertz CT molecular complexity index is 699. The van der Waals surface area contributed by atoms with Gasteiger partial charge in [0.2, 0.25) is 0 Å². The highest BCUT2D eigenvalue weighted by Gasteiger charge is 2.05. The van der Waals surface area contributed by atoms with Crippen LogP contribution in [-0.2, 0) is 0 Å². The highest BCUT2D eigenvalue weighted by molar-refractivity contribution is 5.84. The minimum atomic E-state index is -0.441. The second kappa shape index (κ2) is 7.93. The maximum absolute atomic E-state index is 10.7. The number of ether oxygens (including phenoxy) is 1. The molecular weight excluding hydrogens is 294 g/mol. The second-order valence-corrected chi connectivity index (χ2v) is 5.42. The smallest absolute Gasteiger partial charge is 0.271 e. The van der Waals surface area contributed by atoms with Crippen molar-refractivity contribution in [2.45, 2.75) is 13.8 Å². The largest absolute Gasteiger partial charge is 0.493 e. The number of hydrogen-bond donors (Lipinski definition) is 1. The maximum atomic E-state index is 10.7. The lowest BCUT2D eigenvalue weighted by Crippen LogP contribution is -2.06. The van der Waals surface area contributed by atoms with Gasteiger partial charge in [0.05, 0.1) is 23.4 Å². The zero-order valence-electron chi connectivity index (χ0n) is 13.1. The number of nitrogens with zero attached hydrogens (tertiary/aromatic N) is 2. The molecule has 0 bridgehead atoms. The molecular formula is C17H19N3O3. The van der Waals surface area contributed by atoms with Crippen LogP contribution in [0.5, 0.6) is 5.75 Å². The van der Waals surface area contributed by atoms with Crippen molar-refractivity contribution in [3.05, 3.63) is 64.2 Å². The van der Waals surface area contributed by atoms with E-state index in [1.807, 2.05) is 24.3 Å². The van der Waals surface area contributed by atoms with Crippen LogP contribution < -0.4 is 10.2 Å². The predicted octanol–water partition coefficient (Wildman–Crippen LogP) is 4.08. The molecule has 0 heterocycles. The summed E-state index contributed by atoms with van der Waals surface area (Å²) in [6.45, 7) is 4.80. The summed E-state index contributed by atoms with van der Waals surface area (Å²) < 4.78 is 5.74. The van der Waals surface area contributed by atoms with Gasteiger partial charge in [-0.15, -0.1) is 0 Å². The van der Waals surface area contributed by atoms with E-state index in [0.29, 0.717) is 18.2 Å². The van der Waals surface area contributed by atoms with Crippen LogP contribution in [0.1, 0.15) is 19.4 Å². The van der Waals surface area contributed by atoms with Crippen molar-refractivity contribution in [2.75, 3.05) is 12.0 Å². The quantitative estimate of drug-likeness (QED) is 0.475. The molecule has 0 spiro atoms. The molecule has 0 radical (unpaired) electrons. The van der Waals surface area contributed by atoms with Crippen LogP contribution in [0.2, 0.25) is 0 Å². The minimum absolute atomic E-state index is 0.0193. The fourth-order valence-corrected chi connectivity index (χ4v) is 1.84. The highest BCUT2D eigenvalue weighted by Crippen LogP contribution is 2.18. The summed E-state index contributed by atoms with van der Waals surface area (Å²) in [5.74, 6) is 1.19. The van der Waals surface area contributed by atoms with Gasteiger partial charge in [-0.2, -0.15) is 5.10 Å². The lowest BCUT2D eigenvalue weighted by molar-refractivity contribution is -0.384. The summed E-state index contributed by atoms with van der Waals surface area (Å²) in [5, 5.41) is 14.9. The van der Waals surface area contributed by atoms with Crippen molar-refractivity contribution < 1.29 is 9.66 Å². The average Bonchev–Trinajstić information content (AvgIpc) is 2.54. The standard InChI is InChI=1S/C17H19N3O3/c1-13(2)12-23-17-9-4-3-6-14(17)11-18-19-15-7-5-8-16(10-15)20(21)22/h3-11,13,19H,12H2,1-2H3. The molecule has 2 aromatic carbocycles. The third kappa shape index (κ3) is 5.10. The number of hydrazone groups is 1. The number of benzene rings is 2. The van der Waals surface area contributed by atoms with Gasteiger partial charge in [0.15, 0.2) is 0 Å². The van der Waals surface area contributed by atoms with Crippen molar-refractivity contribution in [1.29, 1.82) is 0 Å². The number of para-hydroxylation sites is 1. The zero-order chi connectivity index (χ0) is 16.7. The normalized spacial score (nSPS) is 10.9. The van der Waals surface area contributed by atoms with Crippen LogP contribution in [0.25, 0.3) is 0 Å². The Kier molecular flexibility index (Phi) is 5.68. The van der Waals surface area contributed by atoms with E-state index in [2.05, 4.69) is 24.4 Å². The zero-order valence-corrected chi connectivity index (χ0v) is 13.1. The molecule has 0 fully saturated rings. The molecule has 0 aliphatic carbocycles. The number of non-ortho nitro benzene ring substituents is 1. The van der Waals surface area contributed by atoms with Crippen molar-refractivity contribution >= 4 is 17.6 Å². The molecule has 23 heavy (non-hydrogen) atoms. The summed E-state index contributed by atoms with van der Waals surface area (Å²) in [6.07, 6.45) is 1.63. The Labute approximate surface area is 134 Å². The molecule has 0 saturated heterocycles. The van der Waals surface area contributed by atoms with E-state index in [9.17, 15) is 10.1 Å². The average molecular weight is 313 g/mol. The maximum Gasteiger partial charge on any atom is 0.271 e. The van der Waals surface area contributed by atoms with Gasteiger partial charge in [-0.3, -0.25) is 15.5 Å². The predicted molar refractivity (Wildman–Crippen MR) is 91.1 cm³/mol. The van der Waals surface area contributed by atoms with E-state index >= 15 is 0 Å². The van der Waals surface area contributed by atoms with Gasteiger partial charge in [0.25, 0.3) is 5.69 Å². The molecule has 0 unspecified atom stereocenters. The summed E-state index contributed by atoms with van der Waals surface area (Å²) >= 11 is 0. The molecule has 2 aromatic rings. The molecule has 0 aliphatic heterocycles. The molecule has 0 amide bonds.